The molecule has 0 saturated carbocycles. The van der Waals surface area contributed by atoms with Crippen LogP contribution in [0.5, 0.6) is 5.88 Å². The molecule has 2 rings (SSSR count). The molecule has 1 atom stereocenters. The number of carboxylic acid groups (broad SMARTS) is 1. The van der Waals surface area contributed by atoms with Crippen LogP contribution in [0.25, 0.3) is 0 Å². The number of thiazole rings is 1. The number of benzene rings is 1. The summed E-state index contributed by atoms with van der Waals surface area (Å²) in [6.45, 7) is 9.07. The first-order valence-corrected chi connectivity index (χ1v) is 10.4. The molecule has 0 radical (unpaired) electrons. The molecule has 7 heteroatoms. The fourth-order valence-corrected chi connectivity index (χ4v) is 3.76. The van der Waals surface area contributed by atoms with E-state index >= 15 is 0 Å². The number of hydrogen-bond acceptors (Lipinski definition) is 5. The normalized spacial score (nSPS) is 12.2. The lowest BCUT2D eigenvalue weighted by Crippen LogP contribution is -2.37. The summed E-state index contributed by atoms with van der Waals surface area (Å²) in [6.07, 6.45) is 0.211. The Morgan fingerprint density at radius 2 is 1.82 bits per heavy atom. The van der Waals surface area contributed by atoms with Crippen LogP contribution in [0, 0.1) is 11.8 Å². The van der Waals surface area contributed by atoms with E-state index in [0.717, 1.165) is 12.8 Å². The highest BCUT2D eigenvalue weighted by Crippen LogP contribution is 2.33. The molecular weight excluding hydrogens is 376 g/mol. The molecule has 0 aliphatic carbocycles. The number of carbonyl (C=O) groups is 2. The van der Waals surface area contributed by atoms with Gasteiger partial charge in [0, 0.05) is 12.1 Å². The number of carbonyl (C=O) groups excluding carboxylic acids is 1. The summed E-state index contributed by atoms with van der Waals surface area (Å²) in [7, 11) is 0. The lowest BCUT2D eigenvalue weighted by molar-refractivity contribution is 0.0640. The maximum Gasteiger partial charge on any atom is 0.512 e. The van der Waals surface area contributed by atoms with Gasteiger partial charge in [-0.2, -0.15) is 0 Å². The van der Waals surface area contributed by atoms with Crippen molar-refractivity contribution in [3.63, 3.8) is 0 Å². The zero-order valence-electron chi connectivity index (χ0n) is 16.8. The van der Waals surface area contributed by atoms with Gasteiger partial charge in [-0.15, -0.1) is 11.3 Å². The predicted octanol–water partition coefficient (Wildman–Crippen LogP) is 5.48. The molecule has 0 spiro atoms. The number of aromatic nitrogens is 1. The van der Waals surface area contributed by atoms with E-state index in [0.29, 0.717) is 29.0 Å². The minimum absolute atomic E-state index is 0.0391. The zero-order chi connectivity index (χ0) is 20.7. The van der Waals surface area contributed by atoms with Crippen molar-refractivity contribution in [3.05, 3.63) is 46.3 Å². The maximum absolute atomic E-state index is 13.3. The summed E-state index contributed by atoms with van der Waals surface area (Å²) in [5, 5.41) is 11.1. The van der Waals surface area contributed by atoms with Gasteiger partial charge in [0.25, 0.3) is 5.91 Å². The van der Waals surface area contributed by atoms with Crippen LogP contribution in [0.3, 0.4) is 0 Å². The molecular formula is C21H28N2O4S. The Morgan fingerprint density at radius 1 is 1.14 bits per heavy atom. The Balaban J connectivity index is 2.38. The number of rotatable bonds is 9. The van der Waals surface area contributed by atoms with Gasteiger partial charge >= 0.3 is 6.16 Å². The third-order valence-corrected chi connectivity index (χ3v) is 5.20. The van der Waals surface area contributed by atoms with Crippen molar-refractivity contribution in [1.29, 1.82) is 0 Å². The number of amides is 1. The summed E-state index contributed by atoms with van der Waals surface area (Å²) in [5.41, 5.74) is 0.638. The van der Waals surface area contributed by atoms with E-state index in [9.17, 15) is 9.59 Å². The van der Waals surface area contributed by atoms with E-state index in [2.05, 4.69) is 37.4 Å². The topological polar surface area (TPSA) is 79.7 Å². The Hall–Kier alpha value is -2.41. The van der Waals surface area contributed by atoms with Crippen molar-refractivity contribution in [2.75, 3.05) is 6.54 Å². The van der Waals surface area contributed by atoms with Crippen LogP contribution in [-0.2, 0) is 0 Å². The van der Waals surface area contributed by atoms with Crippen LogP contribution < -0.4 is 4.74 Å². The molecule has 0 fully saturated rings. The summed E-state index contributed by atoms with van der Waals surface area (Å²) in [4.78, 5) is 30.3. The largest absolute Gasteiger partial charge is 0.512 e. The van der Waals surface area contributed by atoms with Crippen molar-refractivity contribution < 1.29 is 19.4 Å². The SMILES string of the molecule is CC(C)CCN(C(=O)c1ccccc1)C(CC(C)C)c1nc(OC(=O)O)cs1. The molecule has 0 aliphatic heterocycles. The minimum atomic E-state index is -1.39. The second-order valence-corrected chi connectivity index (χ2v) is 8.47. The molecule has 152 valence electrons. The van der Waals surface area contributed by atoms with Crippen molar-refractivity contribution in [3.8, 4) is 5.88 Å². The standard InChI is InChI=1S/C21H28N2O4S/c1-14(2)10-11-23(20(24)16-8-6-5-7-9-16)17(12-15(3)4)19-22-18(13-28-19)27-21(25)26/h5-9,13-15,17H,10-12H2,1-4H3,(H,25,26). The molecule has 0 aliphatic rings. The van der Waals surface area contributed by atoms with Gasteiger partial charge in [-0.1, -0.05) is 45.9 Å². The molecule has 1 amide bonds. The molecule has 2 aromatic rings. The second-order valence-electron chi connectivity index (χ2n) is 7.58. The first kappa shape index (κ1) is 21.9. The predicted molar refractivity (Wildman–Crippen MR) is 110 cm³/mol. The molecule has 1 aromatic heterocycles. The van der Waals surface area contributed by atoms with Gasteiger partial charge in [0.15, 0.2) is 0 Å². The number of ether oxygens (including phenoxy) is 1. The van der Waals surface area contributed by atoms with E-state index < -0.39 is 6.16 Å². The Labute approximate surface area is 170 Å². The van der Waals surface area contributed by atoms with Gasteiger partial charge in [0.1, 0.15) is 5.01 Å². The van der Waals surface area contributed by atoms with Crippen molar-refractivity contribution >= 4 is 23.4 Å². The third-order valence-electron chi connectivity index (χ3n) is 4.28. The Kier molecular flexibility index (Phi) is 7.99. The zero-order valence-corrected chi connectivity index (χ0v) is 17.6. The van der Waals surface area contributed by atoms with E-state index in [4.69, 9.17) is 5.11 Å². The van der Waals surface area contributed by atoms with Crippen molar-refractivity contribution in [1.82, 2.24) is 9.88 Å². The average molecular weight is 405 g/mol. The number of nitrogens with zero attached hydrogens (tertiary/aromatic N) is 2. The maximum atomic E-state index is 13.3. The molecule has 1 aromatic carbocycles. The molecule has 0 bridgehead atoms. The molecule has 6 nitrogen and oxygen atoms in total. The first-order chi connectivity index (χ1) is 13.3. The Morgan fingerprint density at radius 3 is 2.39 bits per heavy atom. The van der Waals surface area contributed by atoms with Gasteiger partial charge < -0.3 is 14.7 Å². The van der Waals surface area contributed by atoms with E-state index in [-0.39, 0.29) is 17.8 Å². The van der Waals surface area contributed by atoms with Crippen molar-refractivity contribution in [2.45, 2.75) is 46.6 Å². The van der Waals surface area contributed by atoms with Crippen molar-refractivity contribution in [2.24, 2.45) is 11.8 Å². The smallest absolute Gasteiger partial charge is 0.449 e. The second kappa shape index (κ2) is 10.2. The first-order valence-electron chi connectivity index (χ1n) is 9.50. The number of hydrogen-bond donors (Lipinski definition) is 1. The molecule has 28 heavy (non-hydrogen) atoms. The van der Waals surface area contributed by atoms with Crippen LogP contribution in [0.1, 0.15) is 61.9 Å². The van der Waals surface area contributed by atoms with E-state index in [1.165, 1.54) is 11.3 Å². The Bertz CT molecular complexity index is 774. The van der Waals surface area contributed by atoms with Crippen LogP contribution in [-0.4, -0.2) is 33.6 Å². The summed E-state index contributed by atoms with van der Waals surface area (Å²) in [5.74, 6) is 0.802. The highest BCUT2D eigenvalue weighted by molar-refractivity contribution is 7.09. The van der Waals surface area contributed by atoms with Gasteiger partial charge in [-0.25, -0.2) is 9.78 Å². The van der Waals surface area contributed by atoms with Gasteiger partial charge in [-0.3, -0.25) is 4.79 Å². The van der Waals surface area contributed by atoms with Gasteiger partial charge in [-0.05, 0) is 36.8 Å². The molecule has 0 saturated heterocycles. The lowest BCUT2D eigenvalue weighted by Gasteiger charge is -2.32. The van der Waals surface area contributed by atoms with Crippen LogP contribution in [0.4, 0.5) is 4.79 Å². The molecule has 1 N–H and O–H groups in total. The fraction of sp³-hybridized carbons (Fsp3) is 0.476. The average Bonchev–Trinajstić information content (AvgIpc) is 3.08. The highest BCUT2D eigenvalue weighted by Gasteiger charge is 2.29. The molecule has 1 heterocycles. The van der Waals surface area contributed by atoms with Crippen LogP contribution in [0.2, 0.25) is 0 Å². The lowest BCUT2D eigenvalue weighted by atomic mass is 10.0. The van der Waals surface area contributed by atoms with Gasteiger partial charge in [0.2, 0.25) is 5.88 Å². The van der Waals surface area contributed by atoms with Crippen LogP contribution >= 0.6 is 11.3 Å². The van der Waals surface area contributed by atoms with E-state index in [1.54, 1.807) is 5.38 Å². The quantitative estimate of drug-likeness (QED) is 0.560. The van der Waals surface area contributed by atoms with Gasteiger partial charge in [0.05, 0.1) is 11.4 Å². The monoisotopic (exact) mass is 404 g/mol. The molecule has 1 unspecified atom stereocenters. The fourth-order valence-electron chi connectivity index (χ4n) is 2.91. The van der Waals surface area contributed by atoms with E-state index in [1.807, 2.05) is 35.2 Å². The summed E-state index contributed by atoms with van der Waals surface area (Å²) in [6, 6.07) is 9.00. The highest BCUT2D eigenvalue weighted by atomic mass is 32.1. The summed E-state index contributed by atoms with van der Waals surface area (Å²) >= 11 is 1.32. The third kappa shape index (κ3) is 6.34. The summed E-state index contributed by atoms with van der Waals surface area (Å²) < 4.78 is 4.69. The van der Waals surface area contributed by atoms with Crippen LogP contribution in [0.15, 0.2) is 35.7 Å². The minimum Gasteiger partial charge on any atom is -0.449 e.